The van der Waals surface area contributed by atoms with E-state index in [9.17, 15) is 0 Å². The molecular formula is C28H37Cl2SiZr. The molecule has 3 aromatic carbocycles. The van der Waals surface area contributed by atoms with Crippen molar-refractivity contribution in [2.45, 2.75) is 48.0 Å². The number of fused-ring (bicyclic) bond motifs is 1. The molecule has 3 aromatic rings. The quantitative estimate of drug-likeness (QED) is 0.216. The Morgan fingerprint density at radius 1 is 0.938 bits per heavy atom. The minimum absolute atomic E-state index is 0. The molecule has 0 saturated heterocycles. The number of allylic oxidation sites excluding steroid dienone is 4. The van der Waals surface area contributed by atoms with Crippen molar-refractivity contribution in [3.05, 3.63) is 97.0 Å². The molecule has 4 rings (SSSR count). The summed E-state index contributed by atoms with van der Waals surface area (Å²) in [5, 5.41) is 2.72. The SMILES string of the molecule is CC.CC1=[C-]C(C)C=C1C.CCc1cc2c(-c3ccccc3)cccc2[cH-]1.Cl.Cl.[CH3-].[Si].[Zr+3]. The third-order valence-electron chi connectivity index (χ3n) is 4.84. The van der Waals surface area contributed by atoms with Crippen LogP contribution in [0.15, 0.2) is 77.9 Å². The minimum Gasteiger partial charge on any atom is -0.358 e. The van der Waals surface area contributed by atoms with E-state index in [0.29, 0.717) is 5.92 Å². The van der Waals surface area contributed by atoms with Crippen LogP contribution in [0, 0.1) is 19.4 Å². The molecule has 0 heterocycles. The largest absolute Gasteiger partial charge is 3.00 e. The van der Waals surface area contributed by atoms with Gasteiger partial charge in [-0.2, -0.15) is 12.1 Å². The number of hydrogen-bond donors (Lipinski definition) is 0. The van der Waals surface area contributed by atoms with Crippen molar-refractivity contribution in [1.29, 1.82) is 0 Å². The third kappa shape index (κ3) is 10.4. The molecule has 1 aliphatic carbocycles. The van der Waals surface area contributed by atoms with E-state index in [1.807, 2.05) is 13.8 Å². The fraction of sp³-hybridized carbons (Fsp3) is 0.286. The monoisotopic (exact) mass is 561 g/mol. The summed E-state index contributed by atoms with van der Waals surface area (Å²) in [6, 6.07) is 21.8. The molecule has 1 unspecified atom stereocenters. The predicted octanol–water partition coefficient (Wildman–Crippen LogP) is 9.06. The average molecular weight is 564 g/mol. The maximum atomic E-state index is 3.29. The molecule has 0 nitrogen and oxygen atoms in total. The van der Waals surface area contributed by atoms with Gasteiger partial charge in [-0.3, -0.25) is 6.08 Å². The molecule has 171 valence electrons. The van der Waals surface area contributed by atoms with E-state index in [2.05, 4.69) is 101 Å². The summed E-state index contributed by atoms with van der Waals surface area (Å²) < 4.78 is 0. The molecule has 0 aliphatic heterocycles. The zero-order valence-electron chi connectivity index (χ0n) is 20.5. The Kier molecular flexibility index (Phi) is 23.6. The Hall–Kier alpha value is -0.790. The Balaban J connectivity index is -0.000000229. The second-order valence-corrected chi connectivity index (χ2v) is 6.80. The van der Waals surface area contributed by atoms with Gasteiger partial charge in [0.1, 0.15) is 0 Å². The van der Waals surface area contributed by atoms with Gasteiger partial charge in [-0.15, -0.1) is 66.3 Å². The maximum Gasteiger partial charge on any atom is 3.00 e. The summed E-state index contributed by atoms with van der Waals surface area (Å²) in [6.07, 6.45) is 6.62. The molecule has 0 fully saturated rings. The zero-order valence-corrected chi connectivity index (χ0v) is 25.5. The van der Waals surface area contributed by atoms with E-state index in [1.165, 1.54) is 38.6 Å². The molecule has 0 N–H and O–H groups in total. The van der Waals surface area contributed by atoms with Gasteiger partial charge >= 0.3 is 26.2 Å². The van der Waals surface area contributed by atoms with Crippen molar-refractivity contribution in [3.8, 4) is 11.1 Å². The van der Waals surface area contributed by atoms with Gasteiger partial charge in [0.25, 0.3) is 0 Å². The Labute approximate surface area is 233 Å². The van der Waals surface area contributed by atoms with Crippen LogP contribution in [0.3, 0.4) is 0 Å². The van der Waals surface area contributed by atoms with Crippen LogP contribution in [-0.4, -0.2) is 11.0 Å². The first-order valence-electron chi connectivity index (χ1n) is 10.1. The number of hydrogen-bond acceptors (Lipinski definition) is 0. The Morgan fingerprint density at radius 2 is 1.53 bits per heavy atom. The molecule has 1 aliphatic rings. The Bertz CT molecular complexity index is 909. The van der Waals surface area contributed by atoms with Gasteiger partial charge in [0, 0.05) is 11.0 Å². The predicted molar refractivity (Wildman–Crippen MR) is 148 cm³/mol. The van der Waals surface area contributed by atoms with Gasteiger partial charge in [0.15, 0.2) is 0 Å². The number of halogens is 2. The van der Waals surface area contributed by atoms with Gasteiger partial charge in [0.2, 0.25) is 0 Å². The standard InChI is InChI=1S/C17H15.C8H11.C2H6.CH3.2ClH.Si.Zr/c1-2-13-11-15-9-6-10-16(17(15)12-13)14-7-4-3-5-8-14;1-6-4-7(2)8(3)5-6;1-2;;;;;/h3-12H,2H2,1H3;4,6H,1-3H3;1-2H3;1H3;2*1H;;/q2*-1;;-1;;;;+3. The van der Waals surface area contributed by atoms with Crippen LogP contribution in [-0.2, 0) is 32.6 Å². The fourth-order valence-corrected chi connectivity index (χ4v) is 3.37. The molecule has 5 radical (unpaired) electrons. The second-order valence-electron chi connectivity index (χ2n) is 6.80. The number of aryl methyl sites for hydroxylation is 1. The molecule has 1 atom stereocenters. The summed E-state index contributed by atoms with van der Waals surface area (Å²) >= 11 is 0. The van der Waals surface area contributed by atoms with Crippen LogP contribution in [0.25, 0.3) is 21.9 Å². The molecule has 0 aromatic heterocycles. The molecule has 0 bridgehead atoms. The van der Waals surface area contributed by atoms with E-state index >= 15 is 0 Å². The molecule has 0 amide bonds. The van der Waals surface area contributed by atoms with E-state index in [4.69, 9.17) is 0 Å². The minimum atomic E-state index is 0. The summed E-state index contributed by atoms with van der Waals surface area (Å²) in [5.74, 6) is 0.551. The van der Waals surface area contributed by atoms with Crippen LogP contribution in [0.1, 0.15) is 47.1 Å². The van der Waals surface area contributed by atoms with Gasteiger partial charge in [-0.25, -0.2) is 11.1 Å². The van der Waals surface area contributed by atoms with Crippen LogP contribution in [0.4, 0.5) is 0 Å². The van der Waals surface area contributed by atoms with Crippen molar-refractivity contribution in [1.82, 2.24) is 0 Å². The smallest absolute Gasteiger partial charge is 0.358 e. The Morgan fingerprint density at radius 3 is 1.97 bits per heavy atom. The normalized spacial score (nSPS) is 12.9. The first kappa shape index (κ1) is 38.5. The third-order valence-corrected chi connectivity index (χ3v) is 4.84. The van der Waals surface area contributed by atoms with Crippen molar-refractivity contribution in [2.24, 2.45) is 5.92 Å². The van der Waals surface area contributed by atoms with Gasteiger partial charge in [0.05, 0.1) is 0 Å². The summed E-state index contributed by atoms with van der Waals surface area (Å²) in [4.78, 5) is 0. The molecule has 4 heteroatoms. The molecule has 0 spiro atoms. The van der Waals surface area contributed by atoms with Crippen molar-refractivity contribution in [2.75, 3.05) is 0 Å². The molecule has 0 saturated carbocycles. The molecular weight excluding hydrogens is 527 g/mol. The van der Waals surface area contributed by atoms with E-state index in [-0.39, 0.29) is 69.4 Å². The van der Waals surface area contributed by atoms with Gasteiger partial charge < -0.3 is 7.43 Å². The summed E-state index contributed by atoms with van der Waals surface area (Å²) in [6.45, 7) is 12.6. The van der Waals surface area contributed by atoms with Crippen molar-refractivity contribution >= 4 is 46.6 Å². The molecule has 32 heavy (non-hydrogen) atoms. The van der Waals surface area contributed by atoms with Crippen molar-refractivity contribution in [3.63, 3.8) is 0 Å². The average Bonchev–Trinajstić information content (AvgIpc) is 3.26. The first-order valence-corrected chi connectivity index (χ1v) is 10.1. The topological polar surface area (TPSA) is 0 Å². The number of benzene rings is 2. The fourth-order valence-electron chi connectivity index (χ4n) is 3.37. The van der Waals surface area contributed by atoms with E-state index < -0.39 is 0 Å². The zero-order chi connectivity index (χ0) is 19.8. The first-order chi connectivity index (χ1) is 13.1. The van der Waals surface area contributed by atoms with E-state index in [1.54, 1.807) is 0 Å². The van der Waals surface area contributed by atoms with E-state index in [0.717, 1.165) is 6.42 Å². The van der Waals surface area contributed by atoms with Gasteiger partial charge in [-0.05, 0) is 12.0 Å². The van der Waals surface area contributed by atoms with Crippen LogP contribution in [0.2, 0.25) is 0 Å². The van der Waals surface area contributed by atoms with Gasteiger partial charge in [-0.1, -0.05) is 82.5 Å². The maximum absolute atomic E-state index is 3.29. The van der Waals surface area contributed by atoms with Crippen molar-refractivity contribution < 1.29 is 26.2 Å². The second kappa shape index (κ2) is 19.7. The summed E-state index contributed by atoms with van der Waals surface area (Å²) in [5.41, 5.74) is 6.76. The van der Waals surface area contributed by atoms with Crippen LogP contribution >= 0.6 is 24.8 Å². The summed E-state index contributed by atoms with van der Waals surface area (Å²) in [7, 11) is 0. The van der Waals surface area contributed by atoms with Crippen LogP contribution in [0.5, 0.6) is 0 Å². The number of rotatable bonds is 2. The van der Waals surface area contributed by atoms with Crippen LogP contribution < -0.4 is 0 Å².